The number of rotatable bonds is 4. The summed E-state index contributed by atoms with van der Waals surface area (Å²) in [7, 11) is -3.44. The zero-order valence-electron chi connectivity index (χ0n) is 17.3. The van der Waals surface area contributed by atoms with E-state index in [1.165, 1.54) is 20.9 Å². The molecule has 0 aliphatic carbocycles. The number of piperazine rings is 1. The maximum absolute atomic E-state index is 13.4. The van der Waals surface area contributed by atoms with Crippen molar-refractivity contribution in [2.75, 3.05) is 31.1 Å². The Morgan fingerprint density at radius 2 is 1.74 bits per heavy atom. The van der Waals surface area contributed by atoms with Gasteiger partial charge in [-0.1, -0.05) is 42.1 Å². The first-order valence-corrected chi connectivity index (χ1v) is 12.7. The molecule has 1 saturated heterocycles. The van der Waals surface area contributed by atoms with Crippen LogP contribution < -0.4 is 4.90 Å². The van der Waals surface area contributed by atoms with Gasteiger partial charge in [-0.15, -0.1) is 0 Å². The number of benzene rings is 2. The van der Waals surface area contributed by atoms with E-state index < -0.39 is 15.3 Å². The molecule has 0 saturated carbocycles. The SMILES string of the molecule is CC(c1ccc2c(c1)Cc1ccccc1S2)S(=O)(=O)N1CCN(c2cnccn2)CC1. The van der Waals surface area contributed by atoms with Crippen molar-refractivity contribution in [1.29, 1.82) is 0 Å². The van der Waals surface area contributed by atoms with Crippen molar-refractivity contribution >= 4 is 27.6 Å². The number of anilines is 1. The van der Waals surface area contributed by atoms with Crippen LogP contribution in [-0.2, 0) is 16.4 Å². The van der Waals surface area contributed by atoms with E-state index in [4.69, 9.17) is 0 Å². The highest BCUT2D eigenvalue weighted by Crippen LogP contribution is 2.41. The van der Waals surface area contributed by atoms with Crippen LogP contribution in [-0.4, -0.2) is 48.9 Å². The lowest BCUT2D eigenvalue weighted by Crippen LogP contribution is -2.49. The van der Waals surface area contributed by atoms with Crippen molar-refractivity contribution in [2.45, 2.75) is 28.4 Å². The van der Waals surface area contributed by atoms with Gasteiger partial charge in [0, 0.05) is 48.4 Å². The molecule has 2 aliphatic heterocycles. The molecule has 0 bridgehead atoms. The largest absolute Gasteiger partial charge is 0.353 e. The summed E-state index contributed by atoms with van der Waals surface area (Å²) in [6, 6.07) is 14.5. The van der Waals surface area contributed by atoms with E-state index in [0.29, 0.717) is 26.2 Å². The van der Waals surface area contributed by atoms with Crippen LogP contribution >= 0.6 is 11.8 Å². The number of sulfonamides is 1. The van der Waals surface area contributed by atoms with Crippen molar-refractivity contribution in [3.8, 4) is 0 Å². The minimum atomic E-state index is -3.44. The Kier molecular flexibility index (Phi) is 5.45. The molecule has 5 rings (SSSR count). The standard InChI is InChI=1S/C23H24N4O2S2/c1-17(18-6-7-22-20(14-18)15-19-4-2-3-5-21(19)30-22)31(28,29)27-12-10-26(11-13-27)23-16-24-8-9-25-23/h2-9,14,16-17H,10-13,15H2,1H3. The minimum Gasteiger partial charge on any atom is -0.353 e. The highest BCUT2D eigenvalue weighted by Gasteiger charge is 2.33. The van der Waals surface area contributed by atoms with Crippen LogP contribution in [0.2, 0.25) is 0 Å². The Morgan fingerprint density at radius 1 is 0.968 bits per heavy atom. The average Bonchev–Trinajstić information content (AvgIpc) is 2.82. The van der Waals surface area contributed by atoms with Gasteiger partial charge in [-0.05, 0) is 42.2 Å². The molecule has 1 fully saturated rings. The molecule has 0 radical (unpaired) electrons. The van der Waals surface area contributed by atoms with Crippen molar-refractivity contribution in [3.63, 3.8) is 0 Å². The number of fused-ring (bicyclic) bond motifs is 2. The second kappa shape index (κ2) is 8.26. The number of hydrogen-bond donors (Lipinski definition) is 0. The summed E-state index contributed by atoms with van der Waals surface area (Å²) in [5.41, 5.74) is 3.36. The molecule has 2 aliphatic rings. The first-order chi connectivity index (χ1) is 15.0. The lowest BCUT2D eigenvalue weighted by molar-refractivity contribution is 0.379. The first-order valence-electron chi connectivity index (χ1n) is 10.4. The zero-order chi connectivity index (χ0) is 21.4. The molecule has 1 unspecified atom stereocenters. The molecular weight excluding hydrogens is 428 g/mol. The molecule has 160 valence electrons. The average molecular weight is 453 g/mol. The van der Waals surface area contributed by atoms with Crippen molar-refractivity contribution in [1.82, 2.24) is 14.3 Å². The van der Waals surface area contributed by atoms with Gasteiger partial charge in [0.05, 0.1) is 11.4 Å². The third-order valence-corrected chi connectivity index (χ3v) is 9.53. The first kappa shape index (κ1) is 20.5. The predicted molar refractivity (Wildman–Crippen MR) is 123 cm³/mol. The van der Waals surface area contributed by atoms with E-state index in [1.807, 2.05) is 6.07 Å². The van der Waals surface area contributed by atoms with Gasteiger partial charge in [0.2, 0.25) is 10.0 Å². The molecule has 0 N–H and O–H groups in total. The van der Waals surface area contributed by atoms with Crippen LogP contribution in [0.4, 0.5) is 5.82 Å². The van der Waals surface area contributed by atoms with E-state index in [-0.39, 0.29) is 0 Å². The molecular formula is C23H24N4O2S2. The molecule has 8 heteroatoms. The van der Waals surface area contributed by atoms with Crippen LogP contribution in [0, 0.1) is 0 Å². The zero-order valence-corrected chi connectivity index (χ0v) is 18.9. The molecule has 2 aromatic carbocycles. The summed E-state index contributed by atoms with van der Waals surface area (Å²) in [5.74, 6) is 0.792. The van der Waals surface area contributed by atoms with Crippen LogP contribution in [0.25, 0.3) is 0 Å². The van der Waals surface area contributed by atoms with Crippen molar-refractivity contribution in [3.05, 3.63) is 77.7 Å². The maximum atomic E-state index is 13.4. The highest BCUT2D eigenvalue weighted by molar-refractivity contribution is 7.99. The van der Waals surface area contributed by atoms with Crippen LogP contribution in [0.5, 0.6) is 0 Å². The number of hydrogen-bond acceptors (Lipinski definition) is 6. The second-order valence-corrected chi connectivity index (χ2v) is 11.2. The summed E-state index contributed by atoms with van der Waals surface area (Å²) < 4.78 is 28.4. The predicted octanol–water partition coefficient (Wildman–Crippen LogP) is 3.75. The fourth-order valence-corrected chi connectivity index (χ4v) is 6.85. The van der Waals surface area contributed by atoms with Crippen molar-refractivity contribution in [2.24, 2.45) is 0 Å². The molecule has 0 spiro atoms. The Balaban J connectivity index is 1.32. The van der Waals surface area contributed by atoms with Gasteiger partial charge in [0.15, 0.2) is 0 Å². The molecule has 0 amide bonds. The maximum Gasteiger partial charge on any atom is 0.221 e. The van der Waals surface area contributed by atoms with Gasteiger partial charge in [-0.25, -0.2) is 13.4 Å². The molecule has 3 aromatic rings. The van der Waals surface area contributed by atoms with Crippen LogP contribution in [0.3, 0.4) is 0 Å². The smallest absolute Gasteiger partial charge is 0.221 e. The van der Waals surface area contributed by atoms with Crippen molar-refractivity contribution < 1.29 is 8.42 Å². The van der Waals surface area contributed by atoms with Gasteiger partial charge in [-0.3, -0.25) is 4.98 Å². The third kappa shape index (κ3) is 3.95. The lowest BCUT2D eigenvalue weighted by atomic mass is 10.0. The van der Waals surface area contributed by atoms with E-state index in [2.05, 4.69) is 51.3 Å². The summed E-state index contributed by atoms with van der Waals surface area (Å²) in [5, 5.41) is -0.581. The Labute approximate surface area is 187 Å². The Hall–Kier alpha value is -2.42. The molecule has 3 heterocycles. The molecule has 1 aromatic heterocycles. The summed E-state index contributed by atoms with van der Waals surface area (Å²) in [6.07, 6.45) is 5.86. The fourth-order valence-electron chi connectivity index (χ4n) is 4.18. The van der Waals surface area contributed by atoms with Gasteiger partial charge in [0.25, 0.3) is 0 Å². The topological polar surface area (TPSA) is 66.4 Å². The summed E-state index contributed by atoms with van der Waals surface area (Å²) in [6.45, 7) is 3.94. The highest BCUT2D eigenvalue weighted by atomic mass is 32.2. The van der Waals surface area contributed by atoms with Gasteiger partial charge in [-0.2, -0.15) is 4.31 Å². The molecule has 6 nitrogen and oxygen atoms in total. The van der Waals surface area contributed by atoms with Crippen LogP contribution in [0.15, 0.2) is 70.8 Å². The lowest BCUT2D eigenvalue weighted by Gasteiger charge is -2.35. The molecule has 31 heavy (non-hydrogen) atoms. The Bertz CT molecular complexity index is 1190. The van der Waals surface area contributed by atoms with Gasteiger partial charge >= 0.3 is 0 Å². The summed E-state index contributed by atoms with van der Waals surface area (Å²) in [4.78, 5) is 13.0. The second-order valence-electron chi connectivity index (χ2n) is 7.89. The fraction of sp³-hybridized carbons (Fsp3) is 0.304. The van der Waals surface area contributed by atoms with E-state index >= 15 is 0 Å². The number of aromatic nitrogens is 2. The van der Waals surface area contributed by atoms with E-state index in [1.54, 1.807) is 41.6 Å². The van der Waals surface area contributed by atoms with E-state index in [9.17, 15) is 8.42 Å². The third-order valence-electron chi connectivity index (χ3n) is 6.05. The quantitative estimate of drug-likeness (QED) is 0.470. The molecule has 1 atom stereocenters. The normalized spacial score (nSPS) is 17.6. The minimum absolute atomic E-state index is 0.456. The summed E-state index contributed by atoms with van der Waals surface area (Å²) >= 11 is 1.76. The monoisotopic (exact) mass is 452 g/mol. The van der Waals surface area contributed by atoms with Crippen LogP contribution in [0.1, 0.15) is 28.9 Å². The van der Waals surface area contributed by atoms with Gasteiger partial charge < -0.3 is 4.90 Å². The van der Waals surface area contributed by atoms with E-state index in [0.717, 1.165) is 17.8 Å². The Morgan fingerprint density at radius 3 is 2.52 bits per heavy atom. The number of nitrogens with zero attached hydrogens (tertiary/aromatic N) is 4. The van der Waals surface area contributed by atoms with Gasteiger partial charge in [0.1, 0.15) is 5.82 Å².